The van der Waals surface area contributed by atoms with Crippen molar-refractivity contribution in [2.24, 2.45) is 5.41 Å². The first kappa shape index (κ1) is 25.7. The number of hydrogen-bond acceptors (Lipinski definition) is 6. The minimum Gasteiger partial charge on any atom is -0.481 e. The van der Waals surface area contributed by atoms with Crippen LogP contribution in [0.15, 0.2) is 48.5 Å². The summed E-state index contributed by atoms with van der Waals surface area (Å²) in [5.41, 5.74) is 2.04. The number of aliphatic hydroxyl groups excluding tert-OH is 3. The van der Waals surface area contributed by atoms with E-state index in [1.807, 2.05) is 55.5 Å². The van der Waals surface area contributed by atoms with E-state index in [0.29, 0.717) is 18.9 Å². The van der Waals surface area contributed by atoms with E-state index in [0.717, 1.165) is 16.7 Å². The van der Waals surface area contributed by atoms with Gasteiger partial charge in [-0.25, -0.2) is 0 Å². The third-order valence-electron chi connectivity index (χ3n) is 6.55. The number of aliphatic hydroxyl groups is 3. The standard InChI is InChI=1S/C27H33NO6/c1-19(30)27(2)18-28(26(32)24(31)16-29)15-23(27)21-11-12-22(17-33-3)25(14-21)34-13-7-10-20-8-5-4-6-9-20/h4-6,8-9,11-12,14,19,23-24,29-31H,13,15-18H2,1-3H3/t19-,23+,24+,27+/m1/s1. The molecule has 2 aromatic carbocycles. The van der Waals surface area contributed by atoms with Gasteiger partial charge in [-0.15, -0.1) is 0 Å². The Morgan fingerprint density at radius 2 is 1.97 bits per heavy atom. The summed E-state index contributed by atoms with van der Waals surface area (Å²) >= 11 is 0. The fourth-order valence-electron chi connectivity index (χ4n) is 4.35. The molecule has 0 saturated carbocycles. The summed E-state index contributed by atoms with van der Waals surface area (Å²) in [6.45, 7) is 4.14. The van der Waals surface area contributed by atoms with Gasteiger partial charge in [-0.05, 0) is 30.7 Å². The van der Waals surface area contributed by atoms with Gasteiger partial charge in [-0.2, -0.15) is 0 Å². The molecule has 0 unspecified atom stereocenters. The zero-order valence-corrected chi connectivity index (χ0v) is 19.9. The molecular formula is C27H33NO6. The monoisotopic (exact) mass is 467 g/mol. The number of hydrogen-bond donors (Lipinski definition) is 3. The predicted octanol–water partition coefficient (Wildman–Crippen LogP) is 1.93. The Labute approximate surface area is 200 Å². The van der Waals surface area contributed by atoms with Crippen molar-refractivity contribution in [1.82, 2.24) is 4.90 Å². The summed E-state index contributed by atoms with van der Waals surface area (Å²) in [6.07, 6.45) is -2.18. The topological polar surface area (TPSA) is 99.5 Å². The molecule has 7 heteroatoms. The van der Waals surface area contributed by atoms with Crippen molar-refractivity contribution in [3.05, 3.63) is 65.2 Å². The molecule has 34 heavy (non-hydrogen) atoms. The quantitative estimate of drug-likeness (QED) is 0.513. The second-order valence-corrected chi connectivity index (χ2v) is 8.91. The maximum atomic E-state index is 12.5. The normalized spacial score (nSPS) is 21.5. The second-order valence-electron chi connectivity index (χ2n) is 8.91. The Kier molecular flexibility index (Phi) is 8.70. The number of benzene rings is 2. The van der Waals surface area contributed by atoms with Crippen molar-refractivity contribution >= 4 is 5.91 Å². The molecule has 182 valence electrons. The van der Waals surface area contributed by atoms with Gasteiger partial charge < -0.3 is 29.7 Å². The molecule has 1 heterocycles. The lowest BCUT2D eigenvalue weighted by Gasteiger charge is -2.34. The minimum absolute atomic E-state index is 0.195. The molecule has 2 aromatic rings. The fourth-order valence-corrected chi connectivity index (χ4v) is 4.35. The van der Waals surface area contributed by atoms with Crippen LogP contribution in [0.25, 0.3) is 0 Å². The number of methoxy groups -OCH3 is 1. The van der Waals surface area contributed by atoms with Gasteiger partial charge >= 0.3 is 0 Å². The molecule has 1 fully saturated rings. The number of ether oxygens (including phenoxy) is 2. The average Bonchev–Trinajstić information content (AvgIpc) is 3.21. The van der Waals surface area contributed by atoms with Crippen LogP contribution in [0.5, 0.6) is 5.75 Å². The Balaban J connectivity index is 1.86. The number of amides is 1. The third-order valence-corrected chi connectivity index (χ3v) is 6.55. The molecule has 1 aliphatic heterocycles. The first-order valence-electron chi connectivity index (χ1n) is 11.3. The van der Waals surface area contributed by atoms with Crippen molar-refractivity contribution < 1.29 is 29.6 Å². The van der Waals surface area contributed by atoms with Crippen LogP contribution in [0.4, 0.5) is 0 Å². The van der Waals surface area contributed by atoms with E-state index in [1.165, 1.54) is 4.90 Å². The van der Waals surface area contributed by atoms with Gasteiger partial charge in [-0.3, -0.25) is 4.79 Å². The van der Waals surface area contributed by atoms with Crippen molar-refractivity contribution in [3.63, 3.8) is 0 Å². The predicted molar refractivity (Wildman–Crippen MR) is 128 cm³/mol. The third kappa shape index (κ3) is 5.78. The van der Waals surface area contributed by atoms with Crippen molar-refractivity contribution in [1.29, 1.82) is 0 Å². The van der Waals surface area contributed by atoms with Crippen LogP contribution in [-0.4, -0.2) is 71.7 Å². The smallest absolute Gasteiger partial charge is 0.253 e. The van der Waals surface area contributed by atoms with Gasteiger partial charge in [0.15, 0.2) is 6.10 Å². The molecule has 0 spiro atoms. The molecule has 3 N–H and O–H groups in total. The first-order chi connectivity index (χ1) is 16.3. The number of rotatable bonds is 8. The molecule has 4 atom stereocenters. The zero-order valence-electron chi connectivity index (χ0n) is 19.9. The van der Waals surface area contributed by atoms with E-state index in [1.54, 1.807) is 14.0 Å². The maximum absolute atomic E-state index is 12.5. The van der Waals surface area contributed by atoms with E-state index in [-0.39, 0.29) is 19.1 Å². The Morgan fingerprint density at radius 3 is 2.62 bits per heavy atom. The maximum Gasteiger partial charge on any atom is 0.253 e. The highest BCUT2D eigenvalue weighted by atomic mass is 16.5. The van der Waals surface area contributed by atoms with Crippen LogP contribution in [0.3, 0.4) is 0 Å². The lowest BCUT2D eigenvalue weighted by molar-refractivity contribution is -0.141. The Morgan fingerprint density at radius 1 is 1.24 bits per heavy atom. The molecule has 3 rings (SSSR count). The zero-order chi connectivity index (χ0) is 24.7. The van der Waals surface area contributed by atoms with Gasteiger partial charge in [0.25, 0.3) is 5.91 Å². The first-order valence-corrected chi connectivity index (χ1v) is 11.3. The summed E-state index contributed by atoms with van der Waals surface area (Å²) in [6, 6.07) is 15.5. The van der Waals surface area contributed by atoms with Crippen LogP contribution in [0.2, 0.25) is 0 Å². The van der Waals surface area contributed by atoms with Crippen molar-refractivity contribution in [2.45, 2.75) is 38.6 Å². The fraction of sp³-hybridized carbons (Fsp3) is 0.444. The number of nitrogens with zero attached hydrogens (tertiary/aromatic N) is 1. The highest BCUT2D eigenvalue weighted by molar-refractivity contribution is 5.81. The van der Waals surface area contributed by atoms with E-state index in [9.17, 15) is 20.1 Å². The van der Waals surface area contributed by atoms with E-state index >= 15 is 0 Å². The average molecular weight is 468 g/mol. The van der Waals surface area contributed by atoms with Crippen LogP contribution in [0, 0.1) is 17.3 Å². The van der Waals surface area contributed by atoms with E-state index in [2.05, 4.69) is 11.8 Å². The summed E-state index contributed by atoms with van der Waals surface area (Å²) in [7, 11) is 1.62. The molecule has 0 bridgehead atoms. The van der Waals surface area contributed by atoms with Crippen molar-refractivity contribution in [3.8, 4) is 17.6 Å². The number of carbonyl (C=O) groups excluding carboxylic acids is 1. The summed E-state index contributed by atoms with van der Waals surface area (Å²) < 4.78 is 11.3. The Hall–Kier alpha value is -2.89. The highest BCUT2D eigenvalue weighted by Gasteiger charge is 2.49. The van der Waals surface area contributed by atoms with Crippen LogP contribution < -0.4 is 4.74 Å². The molecule has 1 saturated heterocycles. The van der Waals surface area contributed by atoms with Gasteiger partial charge in [0, 0.05) is 42.7 Å². The molecule has 0 aromatic heterocycles. The molecule has 1 amide bonds. The lowest BCUT2D eigenvalue weighted by Crippen LogP contribution is -2.42. The van der Waals surface area contributed by atoms with E-state index < -0.39 is 30.1 Å². The number of likely N-dealkylation sites (tertiary alicyclic amines) is 1. The van der Waals surface area contributed by atoms with Crippen LogP contribution >= 0.6 is 0 Å². The van der Waals surface area contributed by atoms with Crippen LogP contribution in [0.1, 0.15) is 36.5 Å². The summed E-state index contributed by atoms with van der Waals surface area (Å²) in [5, 5.41) is 29.6. The summed E-state index contributed by atoms with van der Waals surface area (Å²) in [4.78, 5) is 14.0. The Bertz CT molecular complexity index is 1030. The molecule has 1 aliphatic rings. The number of carbonyl (C=O) groups is 1. The highest BCUT2D eigenvalue weighted by Crippen LogP contribution is 2.46. The van der Waals surface area contributed by atoms with Crippen LogP contribution in [-0.2, 0) is 16.1 Å². The van der Waals surface area contributed by atoms with Gasteiger partial charge in [0.1, 0.15) is 12.4 Å². The molecule has 0 radical (unpaired) electrons. The molecule has 0 aliphatic carbocycles. The van der Waals surface area contributed by atoms with Gasteiger partial charge in [0.05, 0.1) is 19.3 Å². The molecular weight excluding hydrogens is 434 g/mol. The summed E-state index contributed by atoms with van der Waals surface area (Å²) in [5.74, 6) is 5.99. The SMILES string of the molecule is COCc1ccc([C@@H]2CN(C(=O)[C@@H](O)CO)C[C@@]2(C)[C@@H](C)O)cc1OCC#Cc1ccccc1. The largest absolute Gasteiger partial charge is 0.481 e. The second kappa shape index (κ2) is 11.5. The van der Waals surface area contributed by atoms with Gasteiger partial charge in [-0.1, -0.05) is 49.1 Å². The van der Waals surface area contributed by atoms with Gasteiger partial charge in [0.2, 0.25) is 0 Å². The van der Waals surface area contributed by atoms with E-state index in [4.69, 9.17) is 9.47 Å². The lowest BCUT2D eigenvalue weighted by atomic mass is 9.72. The van der Waals surface area contributed by atoms with Crippen molar-refractivity contribution in [2.75, 3.05) is 33.4 Å². The molecule has 7 nitrogen and oxygen atoms in total. The minimum atomic E-state index is -1.47.